The highest BCUT2D eigenvalue weighted by Gasteiger charge is 2.25. The van der Waals surface area contributed by atoms with Gasteiger partial charge < -0.3 is 5.32 Å². The molecule has 0 saturated heterocycles. The molecular formula is C12H14Cl2F3N. The van der Waals surface area contributed by atoms with E-state index in [1.165, 1.54) is 0 Å². The van der Waals surface area contributed by atoms with E-state index in [4.69, 9.17) is 23.2 Å². The lowest BCUT2D eigenvalue weighted by molar-refractivity contribution is -0.135. The quantitative estimate of drug-likeness (QED) is 0.756. The Hall–Kier alpha value is -0.450. The van der Waals surface area contributed by atoms with Gasteiger partial charge in [0.2, 0.25) is 0 Å². The van der Waals surface area contributed by atoms with Gasteiger partial charge in [-0.15, -0.1) is 0 Å². The summed E-state index contributed by atoms with van der Waals surface area (Å²) in [6.45, 7) is 2.14. The largest absolute Gasteiger partial charge is 0.389 e. The lowest BCUT2D eigenvalue weighted by atomic mass is 10.1. The molecule has 0 amide bonds. The maximum Gasteiger partial charge on any atom is 0.389 e. The van der Waals surface area contributed by atoms with Crippen molar-refractivity contribution in [1.29, 1.82) is 0 Å². The van der Waals surface area contributed by atoms with Gasteiger partial charge in [0.1, 0.15) is 0 Å². The van der Waals surface area contributed by atoms with Crippen molar-refractivity contribution in [2.75, 3.05) is 6.54 Å². The van der Waals surface area contributed by atoms with Crippen LogP contribution in [-0.4, -0.2) is 12.7 Å². The van der Waals surface area contributed by atoms with Crippen molar-refractivity contribution in [1.82, 2.24) is 5.32 Å². The van der Waals surface area contributed by atoms with E-state index in [-0.39, 0.29) is 12.5 Å². The molecule has 0 heterocycles. The maximum absolute atomic E-state index is 11.9. The third-order valence-electron chi connectivity index (χ3n) is 2.52. The van der Waals surface area contributed by atoms with Crippen molar-refractivity contribution in [2.24, 2.45) is 0 Å². The number of benzene rings is 1. The van der Waals surface area contributed by atoms with Crippen LogP contribution in [0.15, 0.2) is 18.2 Å². The van der Waals surface area contributed by atoms with Gasteiger partial charge in [0.25, 0.3) is 0 Å². The standard InChI is InChI=1S/C12H14Cl2F3N/c1-8(18-6-2-5-12(15,16)17)10-4-3-9(13)7-11(10)14/h3-4,7-8,18H,2,5-6H2,1H3. The molecule has 0 aliphatic heterocycles. The van der Waals surface area contributed by atoms with Crippen molar-refractivity contribution in [3.05, 3.63) is 33.8 Å². The SMILES string of the molecule is CC(NCCCC(F)(F)F)c1ccc(Cl)cc1Cl. The predicted octanol–water partition coefficient (Wildman–Crippen LogP) is 4.99. The zero-order valence-electron chi connectivity index (χ0n) is 9.82. The topological polar surface area (TPSA) is 12.0 Å². The van der Waals surface area contributed by atoms with E-state index in [9.17, 15) is 13.2 Å². The minimum atomic E-state index is -4.09. The van der Waals surface area contributed by atoms with Crippen LogP contribution in [0.5, 0.6) is 0 Å². The Morgan fingerprint density at radius 3 is 2.50 bits per heavy atom. The summed E-state index contributed by atoms with van der Waals surface area (Å²) in [7, 11) is 0. The van der Waals surface area contributed by atoms with Crippen molar-refractivity contribution in [3.63, 3.8) is 0 Å². The third kappa shape index (κ3) is 5.46. The number of alkyl halides is 3. The van der Waals surface area contributed by atoms with Crippen molar-refractivity contribution < 1.29 is 13.2 Å². The van der Waals surface area contributed by atoms with Crippen LogP contribution < -0.4 is 5.32 Å². The number of rotatable bonds is 5. The van der Waals surface area contributed by atoms with E-state index in [0.29, 0.717) is 16.6 Å². The van der Waals surface area contributed by atoms with Gasteiger partial charge in [0, 0.05) is 22.5 Å². The Labute approximate surface area is 114 Å². The van der Waals surface area contributed by atoms with Crippen LogP contribution in [0.25, 0.3) is 0 Å². The van der Waals surface area contributed by atoms with Crippen LogP contribution in [0, 0.1) is 0 Å². The Kier molecular flexibility index (Phi) is 5.76. The minimum absolute atomic E-state index is 0.0546. The Balaban J connectivity index is 2.43. The van der Waals surface area contributed by atoms with Crippen molar-refractivity contribution in [3.8, 4) is 0 Å². The number of hydrogen-bond acceptors (Lipinski definition) is 1. The number of halogens is 5. The number of hydrogen-bond donors (Lipinski definition) is 1. The molecule has 0 aliphatic rings. The highest BCUT2D eigenvalue weighted by atomic mass is 35.5. The molecule has 1 N–H and O–H groups in total. The summed E-state index contributed by atoms with van der Waals surface area (Å²) < 4.78 is 35.8. The summed E-state index contributed by atoms with van der Waals surface area (Å²) in [6.07, 6.45) is -4.82. The van der Waals surface area contributed by atoms with Crippen LogP contribution in [0.1, 0.15) is 31.4 Å². The molecule has 6 heteroatoms. The van der Waals surface area contributed by atoms with Gasteiger partial charge in [-0.3, -0.25) is 0 Å². The first-order valence-electron chi connectivity index (χ1n) is 5.54. The zero-order valence-corrected chi connectivity index (χ0v) is 11.3. The lowest BCUT2D eigenvalue weighted by Crippen LogP contribution is -2.21. The Morgan fingerprint density at radius 1 is 1.28 bits per heavy atom. The van der Waals surface area contributed by atoms with Crippen molar-refractivity contribution in [2.45, 2.75) is 32.0 Å². The summed E-state index contributed by atoms with van der Waals surface area (Å²) in [5, 5.41) is 4.05. The van der Waals surface area contributed by atoms with Gasteiger partial charge >= 0.3 is 6.18 Å². The molecule has 102 valence electrons. The molecule has 1 nitrogen and oxygen atoms in total. The molecule has 18 heavy (non-hydrogen) atoms. The smallest absolute Gasteiger partial charge is 0.310 e. The first-order valence-corrected chi connectivity index (χ1v) is 6.30. The van der Waals surface area contributed by atoms with Gasteiger partial charge in [-0.1, -0.05) is 29.3 Å². The average Bonchev–Trinajstić information content (AvgIpc) is 2.22. The molecule has 0 saturated carbocycles. The summed E-state index contributed by atoms with van der Waals surface area (Å²) >= 11 is 11.8. The van der Waals surface area contributed by atoms with Gasteiger partial charge in [0.15, 0.2) is 0 Å². The summed E-state index contributed by atoms with van der Waals surface area (Å²) in [5.74, 6) is 0. The lowest BCUT2D eigenvalue weighted by Gasteiger charge is -2.16. The van der Waals surface area contributed by atoms with Crippen LogP contribution in [-0.2, 0) is 0 Å². The highest BCUT2D eigenvalue weighted by molar-refractivity contribution is 6.35. The van der Waals surface area contributed by atoms with Gasteiger partial charge in [-0.2, -0.15) is 13.2 Å². The van der Waals surface area contributed by atoms with Crippen LogP contribution in [0.3, 0.4) is 0 Å². The van der Waals surface area contributed by atoms with E-state index >= 15 is 0 Å². The van der Waals surface area contributed by atoms with E-state index in [1.807, 2.05) is 6.92 Å². The van der Waals surface area contributed by atoms with E-state index in [0.717, 1.165) is 5.56 Å². The second-order valence-corrected chi connectivity index (χ2v) is 4.90. The second-order valence-electron chi connectivity index (χ2n) is 4.06. The molecule has 0 bridgehead atoms. The molecular weight excluding hydrogens is 286 g/mol. The second kappa shape index (κ2) is 6.64. The summed E-state index contributed by atoms with van der Waals surface area (Å²) in [6, 6.07) is 4.98. The predicted molar refractivity (Wildman–Crippen MR) is 68.2 cm³/mol. The number of nitrogens with one attached hydrogen (secondary N) is 1. The van der Waals surface area contributed by atoms with E-state index < -0.39 is 12.6 Å². The fourth-order valence-electron chi connectivity index (χ4n) is 1.57. The fraction of sp³-hybridized carbons (Fsp3) is 0.500. The normalized spacial score (nSPS) is 13.7. The molecule has 0 fully saturated rings. The summed E-state index contributed by atoms with van der Waals surface area (Å²) in [5.41, 5.74) is 0.827. The Morgan fingerprint density at radius 2 is 1.94 bits per heavy atom. The fourth-order valence-corrected chi connectivity index (χ4v) is 2.14. The van der Waals surface area contributed by atoms with Crippen LogP contribution >= 0.6 is 23.2 Å². The van der Waals surface area contributed by atoms with E-state index in [2.05, 4.69) is 5.32 Å². The third-order valence-corrected chi connectivity index (χ3v) is 3.08. The molecule has 1 aromatic rings. The van der Waals surface area contributed by atoms with Crippen LogP contribution in [0.2, 0.25) is 10.0 Å². The molecule has 1 atom stereocenters. The van der Waals surface area contributed by atoms with Gasteiger partial charge in [-0.05, 0) is 37.6 Å². The first-order chi connectivity index (χ1) is 8.29. The Bertz CT molecular complexity index is 393. The molecule has 1 aromatic carbocycles. The van der Waals surface area contributed by atoms with E-state index in [1.54, 1.807) is 18.2 Å². The zero-order chi connectivity index (χ0) is 13.8. The average molecular weight is 300 g/mol. The van der Waals surface area contributed by atoms with Gasteiger partial charge in [0.05, 0.1) is 0 Å². The monoisotopic (exact) mass is 299 g/mol. The molecule has 1 unspecified atom stereocenters. The minimum Gasteiger partial charge on any atom is -0.310 e. The van der Waals surface area contributed by atoms with Gasteiger partial charge in [-0.25, -0.2) is 0 Å². The molecule has 1 rings (SSSR count). The van der Waals surface area contributed by atoms with Crippen LogP contribution in [0.4, 0.5) is 13.2 Å². The summed E-state index contributed by atoms with van der Waals surface area (Å²) in [4.78, 5) is 0. The van der Waals surface area contributed by atoms with Crippen molar-refractivity contribution >= 4 is 23.2 Å². The molecule has 0 aromatic heterocycles. The maximum atomic E-state index is 11.9. The molecule has 0 radical (unpaired) electrons. The highest BCUT2D eigenvalue weighted by Crippen LogP contribution is 2.26. The molecule has 0 spiro atoms. The molecule has 0 aliphatic carbocycles. The first kappa shape index (κ1) is 15.6.